The van der Waals surface area contributed by atoms with Crippen LogP contribution in [0.1, 0.15) is 39.7 Å². The Hall–Kier alpha value is -2.60. The number of nitrogens with one attached hydrogen (secondary N) is 1. The van der Waals surface area contributed by atoms with E-state index in [0.717, 1.165) is 0 Å². The van der Waals surface area contributed by atoms with Crippen molar-refractivity contribution in [2.45, 2.75) is 52.2 Å². The van der Waals surface area contributed by atoms with E-state index in [2.05, 4.69) is 5.32 Å². The van der Waals surface area contributed by atoms with Gasteiger partial charge in [-0.15, -0.1) is 0 Å². The molecule has 7 heteroatoms. The summed E-state index contributed by atoms with van der Waals surface area (Å²) in [7, 11) is 0. The van der Waals surface area contributed by atoms with Crippen LogP contribution in [-0.4, -0.2) is 34.9 Å². The van der Waals surface area contributed by atoms with E-state index in [-0.39, 0.29) is 30.8 Å². The van der Waals surface area contributed by atoms with Crippen LogP contribution in [-0.2, 0) is 16.1 Å². The molecule has 0 fully saturated rings. The molecule has 30 heavy (non-hydrogen) atoms. The third-order valence-corrected chi connectivity index (χ3v) is 4.65. The quantitative estimate of drug-likeness (QED) is 0.661. The SMILES string of the molecule is CC[C@H](C(=O)NC(C)(C)C)N(Cc1ccc(F)cc1)C(=O)COc1ccccc1Cl. The van der Waals surface area contributed by atoms with Crippen molar-refractivity contribution in [1.29, 1.82) is 0 Å². The second-order valence-corrected chi connectivity index (χ2v) is 8.44. The van der Waals surface area contributed by atoms with Gasteiger partial charge >= 0.3 is 0 Å². The van der Waals surface area contributed by atoms with Gasteiger partial charge in [0, 0.05) is 12.1 Å². The van der Waals surface area contributed by atoms with E-state index in [1.807, 2.05) is 27.7 Å². The zero-order chi connectivity index (χ0) is 22.3. The topological polar surface area (TPSA) is 58.6 Å². The van der Waals surface area contributed by atoms with Crippen LogP contribution in [0.4, 0.5) is 4.39 Å². The van der Waals surface area contributed by atoms with Crippen LogP contribution >= 0.6 is 11.6 Å². The number of amides is 2. The van der Waals surface area contributed by atoms with Crippen molar-refractivity contribution in [3.8, 4) is 5.75 Å². The molecule has 2 aromatic rings. The molecular formula is C23H28ClFN2O3. The van der Waals surface area contributed by atoms with E-state index in [4.69, 9.17) is 16.3 Å². The van der Waals surface area contributed by atoms with Gasteiger partial charge in [-0.2, -0.15) is 0 Å². The van der Waals surface area contributed by atoms with Gasteiger partial charge in [-0.1, -0.05) is 42.8 Å². The highest BCUT2D eigenvalue weighted by atomic mass is 35.5. The summed E-state index contributed by atoms with van der Waals surface area (Å²) in [6.45, 7) is 7.36. The fourth-order valence-corrected chi connectivity index (χ4v) is 3.13. The van der Waals surface area contributed by atoms with Crippen molar-refractivity contribution in [1.82, 2.24) is 10.2 Å². The zero-order valence-electron chi connectivity index (χ0n) is 17.7. The predicted molar refractivity (Wildman–Crippen MR) is 116 cm³/mol. The van der Waals surface area contributed by atoms with Gasteiger partial charge in [0.05, 0.1) is 5.02 Å². The Kier molecular flexibility index (Phi) is 8.24. The number of ether oxygens (including phenoxy) is 1. The third kappa shape index (κ3) is 7.02. The Morgan fingerprint density at radius 1 is 1.13 bits per heavy atom. The van der Waals surface area contributed by atoms with Crippen LogP contribution < -0.4 is 10.1 Å². The van der Waals surface area contributed by atoms with E-state index in [1.54, 1.807) is 36.4 Å². The molecule has 162 valence electrons. The van der Waals surface area contributed by atoms with Crippen molar-refractivity contribution in [3.05, 3.63) is 64.9 Å². The molecule has 0 aliphatic heterocycles. The summed E-state index contributed by atoms with van der Waals surface area (Å²) in [4.78, 5) is 27.4. The first-order chi connectivity index (χ1) is 14.1. The highest BCUT2D eigenvalue weighted by Crippen LogP contribution is 2.23. The molecule has 0 saturated carbocycles. The van der Waals surface area contributed by atoms with Crippen molar-refractivity contribution >= 4 is 23.4 Å². The minimum atomic E-state index is -0.698. The molecule has 0 radical (unpaired) electrons. The fraction of sp³-hybridized carbons (Fsp3) is 0.391. The number of hydrogen-bond donors (Lipinski definition) is 1. The predicted octanol–water partition coefficient (Wildman–Crippen LogP) is 4.58. The molecule has 0 spiro atoms. The molecule has 0 unspecified atom stereocenters. The van der Waals surface area contributed by atoms with Crippen LogP contribution in [0.5, 0.6) is 5.75 Å². The number of hydrogen-bond acceptors (Lipinski definition) is 3. The number of halogens is 2. The smallest absolute Gasteiger partial charge is 0.261 e. The molecule has 2 aromatic carbocycles. The summed E-state index contributed by atoms with van der Waals surface area (Å²) in [6, 6.07) is 12.0. The first kappa shape index (κ1) is 23.7. The Balaban J connectivity index is 2.24. The zero-order valence-corrected chi connectivity index (χ0v) is 18.5. The fourth-order valence-electron chi connectivity index (χ4n) is 2.94. The summed E-state index contributed by atoms with van der Waals surface area (Å²) < 4.78 is 18.9. The lowest BCUT2D eigenvalue weighted by Crippen LogP contribution is -2.54. The first-order valence-electron chi connectivity index (χ1n) is 9.84. The van der Waals surface area contributed by atoms with E-state index >= 15 is 0 Å². The highest BCUT2D eigenvalue weighted by molar-refractivity contribution is 6.32. The van der Waals surface area contributed by atoms with Crippen molar-refractivity contribution < 1.29 is 18.7 Å². The Bertz CT molecular complexity index is 865. The summed E-state index contributed by atoms with van der Waals surface area (Å²) >= 11 is 6.10. The number of benzene rings is 2. The van der Waals surface area contributed by atoms with E-state index in [1.165, 1.54) is 17.0 Å². The normalized spacial score (nSPS) is 12.2. The van der Waals surface area contributed by atoms with Crippen LogP contribution in [0.2, 0.25) is 5.02 Å². The molecule has 5 nitrogen and oxygen atoms in total. The van der Waals surface area contributed by atoms with Crippen LogP contribution in [0.25, 0.3) is 0 Å². The van der Waals surface area contributed by atoms with Gasteiger partial charge in [0.25, 0.3) is 5.91 Å². The molecule has 1 N–H and O–H groups in total. The molecule has 0 aromatic heterocycles. The molecular weight excluding hydrogens is 407 g/mol. The van der Waals surface area contributed by atoms with Gasteiger partial charge in [0.2, 0.25) is 5.91 Å². The molecule has 0 bridgehead atoms. The van der Waals surface area contributed by atoms with E-state index < -0.39 is 11.6 Å². The monoisotopic (exact) mass is 434 g/mol. The molecule has 0 aliphatic carbocycles. The largest absolute Gasteiger partial charge is 0.482 e. The average molecular weight is 435 g/mol. The summed E-state index contributed by atoms with van der Waals surface area (Å²) in [5.41, 5.74) is 0.271. The lowest BCUT2D eigenvalue weighted by atomic mass is 10.1. The lowest BCUT2D eigenvalue weighted by molar-refractivity contribution is -0.143. The van der Waals surface area contributed by atoms with Crippen molar-refractivity contribution in [3.63, 3.8) is 0 Å². The molecule has 0 heterocycles. The van der Waals surface area contributed by atoms with Crippen LogP contribution in [0.3, 0.4) is 0 Å². The minimum Gasteiger partial charge on any atom is -0.482 e. The van der Waals surface area contributed by atoms with Gasteiger partial charge < -0.3 is 15.0 Å². The molecule has 1 atom stereocenters. The average Bonchev–Trinajstić information content (AvgIpc) is 2.67. The van der Waals surface area contributed by atoms with Gasteiger partial charge in [-0.25, -0.2) is 4.39 Å². The summed E-state index contributed by atoms with van der Waals surface area (Å²) in [6.07, 6.45) is 0.418. The number of para-hydroxylation sites is 1. The maximum Gasteiger partial charge on any atom is 0.261 e. The Morgan fingerprint density at radius 3 is 2.33 bits per heavy atom. The van der Waals surface area contributed by atoms with Crippen molar-refractivity contribution in [2.24, 2.45) is 0 Å². The van der Waals surface area contributed by atoms with Gasteiger partial charge in [-0.3, -0.25) is 9.59 Å². The molecule has 0 saturated heterocycles. The first-order valence-corrected chi connectivity index (χ1v) is 10.2. The number of nitrogens with zero attached hydrogens (tertiary/aromatic N) is 1. The maximum absolute atomic E-state index is 13.3. The van der Waals surface area contributed by atoms with Gasteiger partial charge in [0.1, 0.15) is 17.6 Å². The van der Waals surface area contributed by atoms with Crippen molar-refractivity contribution in [2.75, 3.05) is 6.61 Å². The summed E-state index contributed by atoms with van der Waals surface area (Å²) in [5.74, 6) is -0.592. The third-order valence-electron chi connectivity index (χ3n) is 4.34. The van der Waals surface area contributed by atoms with Crippen LogP contribution in [0.15, 0.2) is 48.5 Å². The molecule has 0 aliphatic rings. The number of carbonyl (C=O) groups excluding carboxylic acids is 2. The Morgan fingerprint density at radius 2 is 1.77 bits per heavy atom. The van der Waals surface area contributed by atoms with Gasteiger partial charge in [0.15, 0.2) is 6.61 Å². The minimum absolute atomic E-state index is 0.154. The molecule has 2 amide bonds. The second kappa shape index (κ2) is 10.4. The van der Waals surface area contributed by atoms with E-state index in [0.29, 0.717) is 22.8 Å². The molecule has 2 rings (SSSR count). The summed E-state index contributed by atoms with van der Waals surface area (Å²) in [5, 5.41) is 3.32. The highest BCUT2D eigenvalue weighted by Gasteiger charge is 2.31. The number of carbonyl (C=O) groups is 2. The van der Waals surface area contributed by atoms with Gasteiger partial charge in [-0.05, 0) is 57.0 Å². The lowest BCUT2D eigenvalue weighted by Gasteiger charge is -2.33. The second-order valence-electron chi connectivity index (χ2n) is 8.03. The maximum atomic E-state index is 13.3. The van der Waals surface area contributed by atoms with Crippen LogP contribution in [0, 0.1) is 5.82 Å². The standard InChI is InChI=1S/C23H28ClFN2O3/c1-5-19(22(29)26-23(2,3)4)27(14-16-10-12-17(25)13-11-16)21(28)15-30-20-9-7-6-8-18(20)24/h6-13,19H,5,14-15H2,1-4H3,(H,26,29)/t19-/m1/s1. The van der Waals surface area contributed by atoms with E-state index in [9.17, 15) is 14.0 Å². The number of rotatable bonds is 8. The Labute approximate surface area is 182 Å².